The summed E-state index contributed by atoms with van der Waals surface area (Å²) in [5, 5.41) is 17.3. The first kappa shape index (κ1) is 12.9. The quantitative estimate of drug-likeness (QED) is 0.920. The van der Waals surface area contributed by atoms with Gasteiger partial charge in [-0.3, -0.25) is 0 Å². The standard InChI is InChI=1S/C11H15Cl2N3O/c12-10-6-9(11(13)15-14-10)16-4-1-2-8(7-16)3-5-17/h6,8,17H,1-5,7H2. The topological polar surface area (TPSA) is 49.2 Å². The molecule has 1 fully saturated rings. The number of rotatable bonds is 3. The highest BCUT2D eigenvalue weighted by Gasteiger charge is 2.22. The molecule has 1 unspecified atom stereocenters. The molecule has 6 heteroatoms. The van der Waals surface area contributed by atoms with Crippen LogP contribution in [0.15, 0.2) is 6.07 Å². The molecule has 1 aliphatic rings. The second-order valence-corrected chi connectivity index (χ2v) is 5.05. The van der Waals surface area contributed by atoms with E-state index in [9.17, 15) is 0 Å². The molecule has 2 heterocycles. The van der Waals surface area contributed by atoms with Crippen molar-refractivity contribution in [1.82, 2.24) is 10.2 Å². The lowest BCUT2D eigenvalue weighted by Gasteiger charge is -2.34. The number of piperidine rings is 1. The lowest BCUT2D eigenvalue weighted by molar-refractivity contribution is 0.244. The summed E-state index contributed by atoms with van der Waals surface area (Å²) in [7, 11) is 0. The minimum Gasteiger partial charge on any atom is -0.396 e. The van der Waals surface area contributed by atoms with E-state index in [1.54, 1.807) is 6.07 Å². The van der Waals surface area contributed by atoms with Gasteiger partial charge in [-0.1, -0.05) is 23.2 Å². The molecule has 1 aromatic rings. The molecule has 0 aromatic carbocycles. The Morgan fingerprint density at radius 3 is 3.00 bits per heavy atom. The molecule has 1 aliphatic heterocycles. The van der Waals surface area contributed by atoms with Crippen LogP contribution in [-0.4, -0.2) is 35.0 Å². The van der Waals surface area contributed by atoms with E-state index in [4.69, 9.17) is 28.3 Å². The third-order valence-corrected chi connectivity index (χ3v) is 3.55. The normalized spacial score (nSPS) is 20.6. The number of aliphatic hydroxyl groups is 1. The van der Waals surface area contributed by atoms with Crippen molar-refractivity contribution in [2.24, 2.45) is 5.92 Å². The van der Waals surface area contributed by atoms with E-state index in [1.165, 1.54) is 0 Å². The van der Waals surface area contributed by atoms with Gasteiger partial charge >= 0.3 is 0 Å². The second-order valence-electron chi connectivity index (χ2n) is 4.31. The van der Waals surface area contributed by atoms with Gasteiger partial charge < -0.3 is 10.0 Å². The maximum atomic E-state index is 8.99. The second kappa shape index (κ2) is 5.85. The van der Waals surface area contributed by atoms with Gasteiger partial charge in [-0.25, -0.2) is 0 Å². The van der Waals surface area contributed by atoms with Gasteiger partial charge in [0.25, 0.3) is 0 Å². The molecule has 2 rings (SSSR count). The van der Waals surface area contributed by atoms with E-state index in [1.807, 2.05) is 0 Å². The molecule has 17 heavy (non-hydrogen) atoms. The number of hydrogen-bond acceptors (Lipinski definition) is 4. The Morgan fingerprint density at radius 2 is 2.24 bits per heavy atom. The van der Waals surface area contributed by atoms with E-state index < -0.39 is 0 Å². The van der Waals surface area contributed by atoms with Crippen LogP contribution in [0.25, 0.3) is 0 Å². The SMILES string of the molecule is OCCC1CCCN(c2cc(Cl)nnc2Cl)C1. The van der Waals surface area contributed by atoms with Crippen molar-refractivity contribution >= 4 is 28.9 Å². The fraction of sp³-hybridized carbons (Fsp3) is 0.636. The molecule has 0 saturated carbocycles. The summed E-state index contributed by atoms with van der Waals surface area (Å²) in [6, 6.07) is 1.75. The van der Waals surface area contributed by atoms with E-state index in [0.717, 1.165) is 38.0 Å². The fourth-order valence-electron chi connectivity index (χ4n) is 2.27. The van der Waals surface area contributed by atoms with Gasteiger partial charge in [0, 0.05) is 25.8 Å². The van der Waals surface area contributed by atoms with Crippen LogP contribution >= 0.6 is 23.2 Å². The number of anilines is 1. The summed E-state index contributed by atoms with van der Waals surface area (Å²) in [5.41, 5.74) is 0.842. The summed E-state index contributed by atoms with van der Waals surface area (Å²) >= 11 is 11.9. The summed E-state index contributed by atoms with van der Waals surface area (Å²) in [5.74, 6) is 0.511. The minimum absolute atomic E-state index is 0.238. The molecule has 1 saturated heterocycles. The molecule has 0 amide bonds. The molecule has 94 valence electrons. The molecule has 4 nitrogen and oxygen atoms in total. The Hall–Kier alpha value is -0.580. The molecular weight excluding hydrogens is 261 g/mol. The lowest BCUT2D eigenvalue weighted by atomic mass is 9.95. The van der Waals surface area contributed by atoms with Gasteiger partial charge in [-0.15, -0.1) is 10.2 Å². The number of aliphatic hydroxyl groups excluding tert-OH is 1. The van der Waals surface area contributed by atoms with Crippen molar-refractivity contribution < 1.29 is 5.11 Å². The summed E-state index contributed by atoms with van der Waals surface area (Å²) in [4.78, 5) is 2.17. The maximum absolute atomic E-state index is 8.99. The predicted octanol–water partition coefficient (Wildman–Crippen LogP) is 2.38. The van der Waals surface area contributed by atoms with E-state index in [-0.39, 0.29) is 6.61 Å². The van der Waals surface area contributed by atoms with Crippen molar-refractivity contribution in [3.63, 3.8) is 0 Å². The lowest BCUT2D eigenvalue weighted by Crippen LogP contribution is -2.36. The zero-order valence-electron chi connectivity index (χ0n) is 9.44. The Labute approximate surface area is 111 Å². The van der Waals surface area contributed by atoms with Crippen molar-refractivity contribution in [1.29, 1.82) is 0 Å². The zero-order valence-corrected chi connectivity index (χ0v) is 11.0. The molecular formula is C11H15Cl2N3O. The van der Waals surface area contributed by atoms with Crippen LogP contribution in [0.1, 0.15) is 19.3 Å². The molecule has 1 N–H and O–H groups in total. The van der Waals surface area contributed by atoms with Gasteiger partial charge in [0.1, 0.15) is 0 Å². The smallest absolute Gasteiger partial charge is 0.175 e. The first-order chi connectivity index (χ1) is 8.20. The third kappa shape index (κ3) is 3.21. The average molecular weight is 276 g/mol. The van der Waals surface area contributed by atoms with Crippen LogP contribution in [0, 0.1) is 5.92 Å². The Bertz CT molecular complexity index is 387. The first-order valence-electron chi connectivity index (χ1n) is 5.75. The van der Waals surface area contributed by atoms with Gasteiger partial charge in [-0.05, 0) is 25.2 Å². The number of nitrogens with zero attached hydrogens (tertiary/aromatic N) is 3. The van der Waals surface area contributed by atoms with Crippen molar-refractivity contribution in [3.05, 3.63) is 16.4 Å². The van der Waals surface area contributed by atoms with Crippen molar-refractivity contribution in [2.75, 3.05) is 24.6 Å². The van der Waals surface area contributed by atoms with Crippen LogP contribution in [0.5, 0.6) is 0 Å². The Morgan fingerprint density at radius 1 is 1.41 bits per heavy atom. The first-order valence-corrected chi connectivity index (χ1v) is 6.51. The van der Waals surface area contributed by atoms with Crippen molar-refractivity contribution in [3.8, 4) is 0 Å². The van der Waals surface area contributed by atoms with Gasteiger partial charge in [-0.2, -0.15) is 0 Å². The van der Waals surface area contributed by atoms with Crippen LogP contribution in [0.4, 0.5) is 5.69 Å². The predicted molar refractivity (Wildman–Crippen MR) is 68.7 cm³/mol. The van der Waals surface area contributed by atoms with E-state index in [2.05, 4.69) is 15.1 Å². The van der Waals surface area contributed by atoms with Crippen LogP contribution in [-0.2, 0) is 0 Å². The largest absolute Gasteiger partial charge is 0.396 e. The highest BCUT2D eigenvalue weighted by atomic mass is 35.5. The fourth-order valence-corrected chi connectivity index (χ4v) is 2.62. The van der Waals surface area contributed by atoms with E-state index in [0.29, 0.717) is 16.2 Å². The van der Waals surface area contributed by atoms with E-state index >= 15 is 0 Å². The number of hydrogen-bond donors (Lipinski definition) is 1. The maximum Gasteiger partial charge on any atom is 0.175 e. The molecule has 0 spiro atoms. The monoisotopic (exact) mass is 275 g/mol. The van der Waals surface area contributed by atoms with Crippen LogP contribution in [0.3, 0.4) is 0 Å². The number of halogens is 2. The van der Waals surface area contributed by atoms with Crippen molar-refractivity contribution in [2.45, 2.75) is 19.3 Å². The minimum atomic E-state index is 0.238. The van der Waals surface area contributed by atoms with Crippen LogP contribution in [0.2, 0.25) is 10.3 Å². The molecule has 0 radical (unpaired) electrons. The third-order valence-electron chi connectivity index (χ3n) is 3.10. The molecule has 1 atom stereocenters. The summed E-state index contributed by atoms with van der Waals surface area (Å²) < 4.78 is 0. The summed E-state index contributed by atoms with van der Waals surface area (Å²) in [6.07, 6.45) is 3.09. The van der Waals surface area contributed by atoms with Gasteiger partial charge in [0.15, 0.2) is 10.3 Å². The Kier molecular flexibility index (Phi) is 4.42. The Balaban J connectivity index is 2.13. The van der Waals surface area contributed by atoms with Gasteiger partial charge in [0.2, 0.25) is 0 Å². The average Bonchev–Trinajstić information content (AvgIpc) is 2.33. The zero-order chi connectivity index (χ0) is 12.3. The number of aromatic nitrogens is 2. The highest BCUT2D eigenvalue weighted by Crippen LogP contribution is 2.30. The van der Waals surface area contributed by atoms with Crippen LogP contribution < -0.4 is 4.90 Å². The highest BCUT2D eigenvalue weighted by molar-refractivity contribution is 6.33. The molecule has 1 aromatic heterocycles. The summed E-state index contributed by atoms with van der Waals surface area (Å²) in [6.45, 7) is 2.08. The molecule has 0 bridgehead atoms. The van der Waals surface area contributed by atoms with Gasteiger partial charge in [0.05, 0.1) is 5.69 Å². The molecule has 0 aliphatic carbocycles.